The van der Waals surface area contributed by atoms with Crippen LogP contribution in [0.15, 0.2) is 42.5 Å². The molecule has 2 aromatic rings. The lowest BCUT2D eigenvalue weighted by molar-refractivity contribution is -0.357. The molecule has 2 fully saturated rings. The van der Waals surface area contributed by atoms with E-state index in [1.165, 1.54) is 43.3 Å². The van der Waals surface area contributed by atoms with Crippen molar-refractivity contribution in [1.82, 2.24) is 0 Å². The van der Waals surface area contributed by atoms with Crippen molar-refractivity contribution in [1.29, 1.82) is 0 Å². The van der Waals surface area contributed by atoms with Crippen molar-refractivity contribution in [2.45, 2.75) is 74.8 Å². The number of rotatable bonds is 10. The van der Waals surface area contributed by atoms with Crippen LogP contribution in [0.3, 0.4) is 0 Å². The van der Waals surface area contributed by atoms with Crippen LogP contribution in [-0.2, 0) is 34.9 Å². The predicted molar refractivity (Wildman–Crippen MR) is 147 cm³/mol. The average Bonchev–Trinajstić information content (AvgIpc) is 2.99. The Kier molecular flexibility index (Phi) is 11.0. The Hall–Kier alpha value is -3.51. The second kappa shape index (κ2) is 14.5. The number of aliphatic hydroxyl groups excluding tert-OH is 5. The number of phenolic OH excluding ortho intramolecular Hbond substituents is 4. The van der Waals surface area contributed by atoms with Gasteiger partial charge < -0.3 is 69.6 Å². The summed E-state index contributed by atoms with van der Waals surface area (Å²) in [4.78, 5) is 12.4. The van der Waals surface area contributed by atoms with E-state index in [0.29, 0.717) is 11.1 Å². The smallest absolute Gasteiger partial charge is 0.330 e. The van der Waals surface area contributed by atoms with Gasteiger partial charge in [-0.05, 0) is 54.8 Å². The molecule has 44 heavy (non-hydrogen) atoms. The van der Waals surface area contributed by atoms with E-state index in [1.54, 1.807) is 6.07 Å². The van der Waals surface area contributed by atoms with Crippen molar-refractivity contribution in [2.75, 3.05) is 13.2 Å². The predicted octanol–water partition coefficient (Wildman–Crippen LogP) is -1.02. The maximum atomic E-state index is 12.4. The molecule has 2 saturated heterocycles. The lowest BCUT2D eigenvalue weighted by Gasteiger charge is -2.45. The molecule has 9 N–H and O–H groups in total. The second-order valence-corrected chi connectivity index (χ2v) is 10.5. The summed E-state index contributed by atoms with van der Waals surface area (Å²) < 4.78 is 27.7. The highest BCUT2D eigenvalue weighted by Gasteiger charge is 2.50. The first-order chi connectivity index (χ1) is 20.8. The highest BCUT2D eigenvalue weighted by Crippen LogP contribution is 2.31. The zero-order chi connectivity index (χ0) is 32.1. The molecule has 2 heterocycles. The third kappa shape index (κ3) is 7.95. The van der Waals surface area contributed by atoms with Gasteiger partial charge in [0.25, 0.3) is 0 Å². The van der Waals surface area contributed by atoms with Crippen molar-refractivity contribution < 1.29 is 74.4 Å². The first-order valence-electron chi connectivity index (χ1n) is 13.7. The first-order valence-corrected chi connectivity index (χ1v) is 13.7. The number of hydrogen-bond acceptors (Lipinski definition) is 15. The molecular weight excluding hydrogens is 588 g/mol. The molecule has 15 heteroatoms. The molecule has 2 aliphatic rings. The van der Waals surface area contributed by atoms with E-state index >= 15 is 0 Å². The van der Waals surface area contributed by atoms with Crippen LogP contribution in [0.2, 0.25) is 0 Å². The van der Waals surface area contributed by atoms with E-state index in [0.717, 1.165) is 6.08 Å². The molecule has 0 radical (unpaired) electrons. The van der Waals surface area contributed by atoms with Crippen LogP contribution in [0.5, 0.6) is 23.0 Å². The summed E-state index contributed by atoms with van der Waals surface area (Å²) in [6.45, 7) is 0.804. The summed E-state index contributed by atoms with van der Waals surface area (Å²) in [5.74, 6) is -2.23. The Morgan fingerprint density at radius 1 is 0.795 bits per heavy atom. The Bertz CT molecular complexity index is 1300. The lowest BCUT2D eigenvalue weighted by Crippen LogP contribution is -2.64. The minimum absolute atomic E-state index is 0.0754. The van der Waals surface area contributed by atoms with Crippen molar-refractivity contribution >= 4 is 12.0 Å². The van der Waals surface area contributed by atoms with Gasteiger partial charge in [0.05, 0.1) is 12.7 Å². The SMILES string of the molecule is C[C@@H]1O[C@@H](O[C@@H]2[C@H](O)[C@H](OCCc3ccc(O)c(O)c3)O[C@@H](COC(=O)/C=C/c3ccc(O)c(O)c3)[C@@H]2O)[C@H](O)[C@H](O)[C@H]1O. The maximum Gasteiger partial charge on any atom is 0.330 e. The number of aliphatic hydroxyl groups is 5. The molecule has 10 atom stereocenters. The largest absolute Gasteiger partial charge is 0.504 e. The topological polar surface area (TPSA) is 245 Å². The molecule has 4 rings (SSSR count). The van der Waals surface area contributed by atoms with E-state index < -0.39 is 74.0 Å². The summed E-state index contributed by atoms with van der Waals surface area (Å²) in [5, 5.41) is 90.8. The number of benzene rings is 2. The molecule has 242 valence electrons. The van der Waals surface area contributed by atoms with Gasteiger partial charge in [-0.1, -0.05) is 12.1 Å². The van der Waals surface area contributed by atoms with Gasteiger partial charge in [-0.3, -0.25) is 0 Å². The van der Waals surface area contributed by atoms with Crippen LogP contribution in [0, 0.1) is 0 Å². The zero-order valence-corrected chi connectivity index (χ0v) is 23.5. The number of phenols is 4. The number of esters is 1. The molecule has 0 unspecified atom stereocenters. The Morgan fingerprint density at radius 2 is 1.48 bits per heavy atom. The molecule has 0 spiro atoms. The van der Waals surface area contributed by atoms with E-state index in [2.05, 4.69) is 0 Å². The van der Waals surface area contributed by atoms with Crippen molar-refractivity contribution in [3.63, 3.8) is 0 Å². The Morgan fingerprint density at radius 3 is 2.16 bits per heavy atom. The van der Waals surface area contributed by atoms with Crippen LogP contribution in [0.25, 0.3) is 6.08 Å². The molecule has 0 aliphatic carbocycles. The molecule has 15 nitrogen and oxygen atoms in total. The van der Waals surface area contributed by atoms with Gasteiger partial charge in [-0.25, -0.2) is 4.79 Å². The fourth-order valence-corrected chi connectivity index (χ4v) is 4.66. The van der Waals surface area contributed by atoms with Gasteiger partial charge in [0, 0.05) is 6.08 Å². The van der Waals surface area contributed by atoms with Gasteiger partial charge >= 0.3 is 5.97 Å². The lowest BCUT2D eigenvalue weighted by atomic mass is 9.97. The monoisotopic (exact) mass is 624 g/mol. The number of carbonyl (C=O) groups excluding carboxylic acids is 1. The van der Waals surface area contributed by atoms with Crippen LogP contribution < -0.4 is 0 Å². The summed E-state index contributed by atoms with van der Waals surface area (Å²) in [6, 6.07) is 8.05. The second-order valence-electron chi connectivity index (χ2n) is 10.5. The van der Waals surface area contributed by atoms with E-state index in [9.17, 15) is 50.8 Å². The summed E-state index contributed by atoms with van der Waals surface area (Å²) in [6.07, 6.45) is -12.5. The maximum absolute atomic E-state index is 12.4. The van der Waals surface area contributed by atoms with Crippen molar-refractivity contribution in [2.24, 2.45) is 0 Å². The van der Waals surface area contributed by atoms with Crippen LogP contribution in [0.1, 0.15) is 18.1 Å². The fourth-order valence-electron chi connectivity index (χ4n) is 4.66. The van der Waals surface area contributed by atoms with Crippen LogP contribution >= 0.6 is 0 Å². The van der Waals surface area contributed by atoms with E-state index in [1.807, 2.05) is 0 Å². The van der Waals surface area contributed by atoms with Gasteiger partial charge in [0.15, 0.2) is 35.6 Å². The highest BCUT2D eigenvalue weighted by atomic mass is 16.7. The minimum atomic E-state index is -1.74. The minimum Gasteiger partial charge on any atom is -0.504 e. The third-order valence-corrected chi connectivity index (χ3v) is 7.26. The molecule has 0 aromatic heterocycles. The van der Waals surface area contributed by atoms with Gasteiger partial charge in [0.2, 0.25) is 0 Å². The first kappa shape index (κ1) is 33.4. The summed E-state index contributed by atoms with van der Waals surface area (Å²) in [7, 11) is 0. The third-order valence-electron chi connectivity index (χ3n) is 7.26. The van der Waals surface area contributed by atoms with E-state index in [4.69, 9.17) is 23.7 Å². The van der Waals surface area contributed by atoms with Crippen LogP contribution in [0.4, 0.5) is 0 Å². The average molecular weight is 625 g/mol. The molecule has 0 saturated carbocycles. The zero-order valence-electron chi connectivity index (χ0n) is 23.5. The summed E-state index contributed by atoms with van der Waals surface area (Å²) in [5.41, 5.74) is 0.962. The number of hydrogen-bond donors (Lipinski definition) is 9. The van der Waals surface area contributed by atoms with Gasteiger partial charge in [-0.2, -0.15) is 0 Å². The fraction of sp³-hybridized carbons (Fsp3) is 0.483. The number of ether oxygens (including phenoxy) is 5. The molecular formula is C29H36O15. The Labute approximate surface area is 251 Å². The molecule has 2 aliphatic heterocycles. The number of aromatic hydroxyl groups is 4. The summed E-state index contributed by atoms with van der Waals surface area (Å²) >= 11 is 0. The molecule has 2 aromatic carbocycles. The number of carbonyl (C=O) groups is 1. The Balaban J connectivity index is 1.44. The standard InChI is InChI=1S/C29H36O15/c1-13-22(35)24(37)25(38)29(42-13)44-27-23(36)20(12-41-21(34)7-4-14-2-5-16(30)18(32)10-14)43-28(26(27)39)40-9-8-15-3-6-17(31)19(33)11-15/h2-7,10-11,13,20,22-33,35-39H,8-9,12H2,1H3/b7-4+/t13-,20-,22-,23-,24+,25+,26-,27-,28+,29-/m0/s1. The molecule has 0 bridgehead atoms. The van der Waals surface area contributed by atoms with Crippen LogP contribution in [-0.4, -0.2) is 127 Å². The van der Waals surface area contributed by atoms with Crippen molar-refractivity contribution in [3.05, 3.63) is 53.6 Å². The highest BCUT2D eigenvalue weighted by molar-refractivity contribution is 5.87. The molecule has 0 amide bonds. The van der Waals surface area contributed by atoms with E-state index in [-0.39, 0.29) is 36.0 Å². The normalized spacial score (nSPS) is 32.5. The van der Waals surface area contributed by atoms with Gasteiger partial charge in [0.1, 0.15) is 49.3 Å². The van der Waals surface area contributed by atoms with Crippen molar-refractivity contribution in [3.8, 4) is 23.0 Å². The van der Waals surface area contributed by atoms with Gasteiger partial charge in [-0.15, -0.1) is 0 Å². The quantitative estimate of drug-likeness (QED) is 0.0873.